The predicted octanol–water partition coefficient (Wildman–Crippen LogP) is 4.72. The monoisotopic (exact) mass is 468 g/mol. The Morgan fingerprint density at radius 2 is 1.14 bits per heavy atom. The van der Waals surface area contributed by atoms with E-state index in [-0.39, 0.29) is 5.56 Å². The molecular formula is C29H24O6. The predicted molar refractivity (Wildman–Crippen MR) is 127 cm³/mol. The molecule has 4 fully saturated rings. The maximum atomic E-state index is 11.5. The van der Waals surface area contributed by atoms with Crippen LogP contribution in [0.3, 0.4) is 0 Å². The van der Waals surface area contributed by atoms with E-state index in [1.807, 2.05) is 12.1 Å². The molecule has 4 aliphatic rings. The molecule has 0 heterocycles. The third-order valence-electron chi connectivity index (χ3n) is 7.81. The van der Waals surface area contributed by atoms with E-state index in [1.54, 1.807) is 0 Å². The molecule has 6 heteroatoms. The van der Waals surface area contributed by atoms with E-state index in [0.717, 1.165) is 41.4 Å². The smallest absolute Gasteiger partial charge is 0.337 e. The molecule has 6 rings (SSSR count). The largest absolute Gasteiger partial charge is 0.478 e. The molecular weight excluding hydrogens is 444 g/mol. The summed E-state index contributed by atoms with van der Waals surface area (Å²) in [6, 6.07) is 10.4. The topological polar surface area (TPSA) is 112 Å². The first kappa shape index (κ1) is 22.7. The number of hydrogen-bond acceptors (Lipinski definition) is 3. The van der Waals surface area contributed by atoms with Crippen LogP contribution in [0.1, 0.15) is 85.8 Å². The average molecular weight is 469 g/mol. The van der Waals surface area contributed by atoms with E-state index < -0.39 is 34.6 Å². The summed E-state index contributed by atoms with van der Waals surface area (Å²) < 4.78 is 0. The van der Waals surface area contributed by atoms with E-state index in [0.29, 0.717) is 5.92 Å². The van der Waals surface area contributed by atoms with Crippen LogP contribution in [0.2, 0.25) is 0 Å². The second-order valence-corrected chi connectivity index (χ2v) is 9.94. The molecule has 0 amide bonds. The van der Waals surface area contributed by atoms with E-state index in [1.165, 1.54) is 37.7 Å². The molecule has 0 saturated heterocycles. The zero-order valence-corrected chi connectivity index (χ0v) is 19.0. The summed E-state index contributed by atoms with van der Waals surface area (Å²) in [5.74, 6) is 10.4. The lowest BCUT2D eigenvalue weighted by Crippen LogP contribution is -2.43. The second-order valence-electron chi connectivity index (χ2n) is 9.94. The molecule has 4 saturated carbocycles. The van der Waals surface area contributed by atoms with Crippen molar-refractivity contribution < 1.29 is 29.7 Å². The number of carbonyl (C=O) groups is 3. The molecule has 0 atom stereocenters. The molecule has 0 aliphatic heterocycles. The maximum Gasteiger partial charge on any atom is 0.337 e. The first-order valence-electron chi connectivity index (χ1n) is 11.8. The minimum Gasteiger partial charge on any atom is -0.478 e. The summed E-state index contributed by atoms with van der Waals surface area (Å²) in [4.78, 5) is 34.3. The van der Waals surface area contributed by atoms with Crippen LogP contribution in [0.5, 0.6) is 0 Å². The standard InChI is InChI=1S/C29H24O6/c30-27(31)23-14-17(15-24(28(32)33)26(23)29(34)35)4-2-1-3-16-5-7-20(8-6-16)25-21-10-18-9-19(12-21)13-22(25)11-18/h5-8,14-15,18-19,21-22,25H,9-13H2,(H,30,31)(H,32,33)(H,34,35). The van der Waals surface area contributed by atoms with Crippen molar-refractivity contribution in [3.05, 3.63) is 69.8 Å². The number of carboxylic acids is 3. The van der Waals surface area contributed by atoms with E-state index in [4.69, 9.17) is 0 Å². The van der Waals surface area contributed by atoms with Crippen LogP contribution in [0.25, 0.3) is 0 Å². The number of rotatable bonds is 4. The van der Waals surface area contributed by atoms with Crippen LogP contribution in [0, 0.1) is 47.4 Å². The quantitative estimate of drug-likeness (QED) is 0.560. The van der Waals surface area contributed by atoms with Gasteiger partial charge in [0.05, 0.1) is 16.7 Å². The van der Waals surface area contributed by atoms with Gasteiger partial charge < -0.3 is 15.3 Å². The SMILES string of the molecule is O=C(O)c1cc(C#CC#Cc2ccc(C3C4CC5CC(C4)CC3C5)cc2)cc(C(=O)O)c1C(=O)O. The molecule has 3 N–H and O–H groups in total. The summed E-state index contributed by atoms with van der Waals surface area (Å²) >= 11 is 0. The Morgan fingerprint density at radius 3 is 1.60 bits per heavy atom. The van der Waals surface area contributed by atoms with Gasteiger partial charge in [0.2, 0.25) is 0 Å². The molecule has 4 bridgehead atoms. The van der Waals surface area contributed by atoms with Gasteiger partial charge in [-0.3, -0.25) is 0 Å². The highest BCUT2D eigenvalue weighted by Crippen LogP contribution is 2.59. The third kappa shape index (κ3) is 4.40. The third-order valence-corrected chi connectivity index (χ3v) is 7.81. The normalized spacial score (nSPS) is 25.7. The highest BCUT2D eigenvalue weighted by Gasteiger charge is 2.48. The fraction of sp³-hybridized carbons (Fsp3) is 0.345. The first-order valence-corrected chi connectivity index (χ1v) is 11.8. The fourth-order valence-corrected chi connectivity index (χ4v) is 6.75. The lowest BCUT2D eigenvalue weighted by Gasteiger charge is -2.54. The zero-order chi connectivity index (χ0) is 24.7. The van der Waals surface area contributed by atoms with Crippen molar-refractivity contribution in [2.45, 2.75) is 38.0 Å². The van der Waals surface area contributed by atoms with Gasteiger partial charge in [-0.05, 0) is 103 Å². The van der Waals surface area contributed by atoms with Crippen LogP contribution >= 0.6 is 0 Å². The molecule has 2 aromatic carbocycles. The van der Waals surface area contributed by atoms with Gasteiger partial charge in [-0.1, -0.05) is 24.0 Å². The average Bonchev–Trinajstić information content (AvgIpc) is 2.81. The van der Waals surface area contributed by atoms with Gasteiger partial charge >= 0.3 is 17.9 Å². The summed E-state index contributed by atoms with van der Waals surface area (Å²) in [5.41, 5.74) is 0.240. The Hall–Kier alpha value is -4.03. The fourth-order valence-electron chi connectivity index (χ4n) is 6.75. The summed E-state index contributed by atoms with van der Waals surface area (Å²) in [6.07, 6.45) is 6.92. The number of aromatic carboxylic acids is 3. The van der Waals surface area contributed by atoms with Gasteiger partial charge in [-0.2, -0.15) is 0 Å². The van der Waals surface area contributed by atoms with Gasteiger partial charge in [0.25, 0.3) is 0 Å². The second kappa shape index (κ2) is 8.96. The molecule has 0 unspecified atom stereocenters. The molecule has 4 aliphatic carbocycles. The molecule has 35 heavy (non-hydrogen) atoms. The van der Waals surface area contributed by atoms with Crippen molar-refractivity contribution in [1.29, 1.82) is 0 Å². The van der Waals surface area contributed by atoms with Crippen molar-refractivity contribution in [3.63, 3.8) is 0 Å². The molecule has 176 valence electrons. The Bertz CT molecular complexity index is 1280. The van der Waals surface area contributed by atoms with Crippen LogP contribution in [-0.4, -0.2) is 33.2 Å². The van der Waals surface area contributed by atoms with Crippen molar-refractivity contribution >= 4 is 17.9 Å². The highest BCUT2D eigenvalue weighted by molar-refractivity contribution is 6.09. The van der Waals surface area contributed by atoms with E-state index in [9.17, 15) is 29.7 Å². The van der Waals surface area contributed by atoms with Crippen molar-refractivity contribution in [2.75, 3.05) is 0 Å². The first-order chi connectivity index (χ1) is 16.8. The Kier molecular flexibility index (Phi) is 5.83. The molecule has 0 radical (unpaired) electrons. The minimum absolute atomic E-state index is 0.0661. The van der Waals surface area contributed by atoms with Gasteiger partial charge in [-0.25, -0.2) is 14.4 Å². The number of hydrogen-bond donors (Lipinski definition) is 3. The molecule has 0 aromatic heterocycles. The highest BCUT2D eigenvalue weighted by atomic mass is 16.4. The van der Waals surface area contributed by atoms with Crippen LogP contribution < -0.4 is 0 Å². The Balaban J connectivity index is 1.34. The number of benzene rings is 2. The Morgan fingerprint density at radius 1 is 0.657 bits per heavy atom. The van der Waals surface area contributed by atoms with Crippen LogP contribution in [0.15, 0.2) is 36.4 Å². The van der Waals surface area contributed by atoms with E-state index >= 15 is 0 Å². The van der Waals surface area contributed by atoms with Gasteiger partial charge in [-0.15, -0.1) is 0 Å². The van der Waals surface area contributed by atoms with Gasteiger partial charge in [0, 0.05) is 11.1 Å². The molecule has 2 aromatic rings. The van der Waals surface area contributed by atoms with Crippen molar-refractivity contribution in [1.82, 2.24) is 0 Å². The maximum absolute atomic E-state index is 11.5. The summed E-state index contributed by atoms with van der Waals surface area (Å²) in [6.45, 7) is 0. The lowest BCUT2D eigenvalue weighted by atomic mass is 9.51. The van der Waals surface area contributed by atoms with Crippen LogP contribution in [-0.2, 0) is 0 Å². The van der Waals surface area contributed by atoms with Gasteiger partial charge in [0.15, 0.2) is 0 Å². The molecule has 0 spiro atoms. The lowest BCUT2D eigenvalue weighted by molar-refractivity contribution is -0.00278. The molecule has 6 nitrogen and oxygen atoms in total. The van der Waals surface area contributed by atoms with Crippen molar-refractivity contribution in [2.24, 2.45) is 23.7 Å². The Labute approximate surface area is 203 Å². The minimum atomic E-state index is -1.63. The summed E-state index contributed by atoms with van der Waals surface area (Å²) in [5, 5.41) is 27.9. The number of carboxylic acid groups (broad SMARTS) is 3. The van der Waals surface area contributed by atoms with E-state index in [2.05, 4.69) is 35.8 Å². The van der Waals surface area contributed by atoms with Gasteiger partial charge in [0.1, 0.15) is 0 Å². The zero-order valence-electron chi connectivity index (χ0n) is 19.0. The summed E-state index contributed by atoms with van der Waals surface area (Å²) in [7, 11) is 0. The van der Waals surface area contributed by atoms with Crippen molar-refractivity contribution in [3.8, 4) is 23.7 Å². The van der Waals surface area contributed by atoms with Crippen LogP contribution in [0.4, 0.5) is 0 Å².